The van der Waals surface area contributed by atoms with E-state index in [2.05, 4.69) is 4.98 Å². The molecule has 1 N–H and O–H groups in total. The number of aromatic nitrogens is 2. The highest BCUT2D eigenvalue weighted by Crippen LogP contribution is 2.10. The van der Waals surface area contributed by atoms with E-state index < -0.39 is 5.97 Å². The number of benzene rings is 1. The van der Waals surface area contributed by atoms with Crippen LogP contribution in [0.4, 0.5) is 0 Å². The Morgan fingerprint density at radius 2 is 2.24 bits per heavy atom. The van der Waals surface area contributed by atoms with Crippen molar-refractivity contribution in [2.45, 2.75) is 19.9 Å². The molecule has 1 aromatic carbocycles. The van der Waals surface area contributed by atoms with Crippen LogP contribution in [0.15, 0.2) is 29.3 Å². The largest absolute Gasteiger partial charge is 0.481 e. The molecule has 0 radical (unpaired) electrons. The van der Waals surface area contributed by atoms with Crippen LogP contribution >= 0.6 is 0 Å². The highest BCUT2D eigenvalue weighted by atomic mass is 16.4. The third-order valence-electron chi connectivity index (χ3n) is 2.63. The molecule has 0 spiro atoms. The van der Waals surface area contributed by atoms with Gasteiger partial charge in [0, 0.05) is 6.54 Å². The lowest BCUT2D eigenvalue weighted by Crippen LogP contribution is -2.22. The number of carboxylic acids is 1. The van der Waals surface area contributed by atoms with Gasteiger partial charge in [-0.15, -0.1) is 0 Å². The van der Waals surface area contributed by atoms with Gasteiger partial charge in [0.05, 0.1) is 23.7 Å². The van der Waals surface area contributed by atoms with Crippen LogP contribution in [0.1, 0.15) is 12.0 Å². The van der Waals surface area contributed by atoms with Crippen molar-refractivity contribution >= 4 is 16.9 Å². The second kappa shape index (κ2) is 4.37. The minimum atomic E-state index is -0.929. The summed E-state index contributed by atoms with van der Waals surface area (Å²) in [5, 5.41) is 9.15. The van der Waals surface area contributed by atoms with Gasteiger partial charge in [-0.1, -0.05) is 12.1 Å². The van der Waals surface area contributed by atoms with E-state index in [9.17, 15) is 9.59 Å². The molecular weight excluding hydrogens is 220 g/mol. The molecule has 0 atom stereocenters. The van der Waals surface area contributed by atoms with Gasteiger partial charge in [-0.2, -0.15) is 0 Å². The monoisotopic (exact) mass is 232 g/mol. The first kappa shape index (κ1) is 11.3. The first-order valence-electron chi connectivity index (χ1n) is 5.26. The van der Waals surface area contributed by atoms with Crippen LogP contribution in [0.3, 0.4) is 0 Å². The molecule has 1 aromatic heterocycles. The van der Waals surface area contributed by atoms with Gasteiger partial charge in [0.1, 0.15) is 0 Å². The predicted octanol–water partition coefficient (Wildman–Crippen LogP) is 1.18. The van der Waals surface area contributed by atoms with Crippen LogP contribution in [0.25, 0.3) is 10.9 Å². The molecule has 17 heavy (non-hydrogen) atoms. The summed E-state index contributed by atoms with van der Waals surface area (Å²) in [4.78, 5) is 26.7. The number of aliphatic carboxylic acids is 1. The average molecular weight is 232 g/mol. The Hall–Kier alpha value is -2.17. The van der Waals surface area contributed by atoms with Crippen LogP contribution in [-0.2, 0) is 11.3 Å². The molecule has 0 aliphatic heterocycles. The van der Waals surface area contributed by atoms with Gasteiger partial charge >= 0.3 is 5.97 Å². The van der Waals surface area contributed by atoms with Gasteiger partial charge in [-0.3, -0.25) is 14.2 Å². The van der Waals surface area contributed by atoms with Crippen molar-refractivity contribution in [2.24, 2.45) is 0 Å². The summed E-state index contributed by atoms with van der Waals surface area (Å²) in [7, 11) is 0. The Morgan fingerprint density at radius 1 is 1.47 bits per heavy atom. The quantitative estimate of drug-likeness (QED) is 0.862. The molecule has 0 fully saturated rings. The normalized spacial score (nSPS) is 10.6. The molecule has 2 rings (SSSR count). The van der Waals surface area contributed by atoms with Gasteiger partial charge in [-0.25, -0.2) is 4.98 Å². The smallest absolute Gasteiger partial charge is 0.305 e. The van der Waals surface area contributed by atoms with Gasteiger partial charge < -0.3 is 5.11 Å². The maximum atomic E-state index is 12.1. The summed E-state index contributed by atoms with van der Waals surface area (Å²) in [6.07, 6.45) is 1.31. The van der Waals surface area contributed by atoms with E-state index in [1.807, 2.05) is 19.1 Å². The maximum Gasteiger partial charge on any atom is 0.305 e. The van der Waals surface area contributed by atoms with E-state index in [0.717, 1.165) is 5.56 Å². The molecule has 0 aliphatic carbocycles. The van der Waals surface area contributed by atoms with E-state index in [0.29, 0.717) is 10.9 Å². The number of hydrogen-bond donors (Lipinski definition) is 1. The molecule has 88 valence electrons. The Morgan fingerprint density at radius 3 is 2.94 bits per heavy atom. The fourth-order valence-corrected chi connectivity index (χ4v) is 1.74. The number of rotatable bonds is 3. The lowest BCUT2D eigenvalue weighted by Gasteiger charge is -2.06. The highest BCUT2D eigenvalue weighted by molar-refractivity contribution is 5.80. The van der Waals surface area contributed by atoms with Crippen molar-refractivity contribution in [1.82, 2.24) is 9.55 Å². The van der Waals surface area contributed by atoms with Crippen LogP contribution in [0.5, 0.6) is 0 Å². The van der Waals surface area contributed by atoms with Crippen LogP contribution in [0.2, 0.25) is 0 Å². The maximum absolute atomic E-state index is 12.1. The van der Waals surface area contributed by atoms with E-state index in [1.165, 1.54) is 10.9 Å². The van der Waals surface area contributed by atoms with E-state index in [4.69, 9.17) is 5.11 Å². The van der Waals surface area contributed by atoms with Crippen LogP contribution in [0, 0.1) is 6.92 Å². The van der Waals surface area contributed by atoms with Crippen molar-refractivity contribution in [3.63, 3.8) is 0 Å². The molecule has 5 nitrogen and oxygen atoms in total. The minimum absolute atomic E-state index is 0.0844. The molecular formula is C12H12N2O3. The van der Waals surface area contributed by atoms with Gasteiger partial charge in [0.2, 0.25) is 0 Å². The van der Waals surface area contributed by atoms with Crippen molar-refractivity contribution in [3.8, 4) is 0 Å². The van der Waals surface area contributed by atoms with Crippen molar-refractivity contribution in [3.05, 3.63) is 40.4 Å². The first-order chi connectivity index (χ1) is 8.09. The molecule has 0 saturated carbocycles. The third-order valence-corrected chi connectivity index (χ3v) is 2.63. The third kappa shape index (κ3) is 2.18. The standard InChI is InChI=1S/C12H12N2O3/c1-8-3-2-4-9-11(8)12(17)14(7-13-9)6-5-10(15)16/h2-4,7H,5-6H2,1H3,(H,15,16). The average Bonchev–Trinajstić information content (AvgIpc) is 2.28. The number of carbonyl (C=O) groups is 1. The first-order valence-corrected chi connectivity index (χ1v) is 5.26. The van der Waals surface area contributed by atoms with Gasteiger partial charge in [0.15, 0.2) is 0 Å². The fourth-order valence-electron chi connectivity index (χ4n) is 1.74. The topological polar surface area (TPSA) is 72.2 Å². The lowest BCUT2D eigenvalue weighted by molar-refractivity contribution is -0.137. The van der Waals surface area contributed by atoms with E-state index >= 15 is 0 Å². The number of carboxylic acid groups (broad SMARTS) is 1. The Bertz CT molecular complexity index is 631. The lowest BCUT2D eigenvalue weighted by atomic mass is 10.1. The zero-order valence-electron chi connectivity index (χ0n) is 9.38. The summed E-state index contributed by atoms with van der Waals surface area (Å²) in [6.45, 7) is 1.98. The van der Waals surface area contributed by atoms with Crippen LogP contribution in [-0.4, -0.2) is 20.6 Å². The number of hydrogen-bond acceptors (Lipinski definition) is 3. The number of nitrogens with zero attached hydrogens (tertiary/aromatic N) is 2. The number of fused-ring (bicyclic) bond motifs is 1. The van der Waals surface area contributed by atoms with Crippen molar-refractivity contribution in [2.75, 3.05) is 0 Å². The number of aryl methyl sites for hydroxylation is 2. The van der Waals surface area contributed by atoms with Gasteiger partial charge in [-0.05, 0) is 18.6 Å². The second-order valence-electron chi connectivity index (χ2n) is 3.86. The summed E-state index contributed by atoms with van der Waals surface area (Å²) in [6, 6.07) is 5.45. The molecule has 1 heterocycles. The molecule has 2 aromatic rings. The summed E-state index contributed by atoms with van der Waals surface area (Å²) in [5.41, 5.74) is 1.31. The molecule has 0 saturated heterocycles. The highest BCUT2D eigenvalue weighted by Gasteiger charge is 2.07. The molecule has 0 unspecified atom stereocenters. The van der Waals surface area contributed by atoms with Crippen LogP contribution < -0.4 is 5.56 Å². The van der Waals surface area contributed by atoms with E-state index in [1.54, 1.807) is 6.07 Å². The zero-order valence-corrected chi connectivity index (χ0v) is 9.38. The second-order valence-corrected chi connectivity index (χ2v) is 3.86. The summed E-state index contributed by atoms with van der Waals surface area (Å²) >= 11 is 0. The van der Waals surface area contributed by atoms with Gasteiger partial charge in [0.25, 0.3) is 5.56 Å². The zero-order chi connectivity index (χ0) is 12.4. The summed E-state index contributed by atoms with van der Waals surface area (Å²) < 4.78 is 1.34. The Kier molecular flexibility index (Phi) is 2.91. The van der Waals surface area contributed by atoms with Crippen molar-refractivity contribution in [1.29, 1.82) is 0 Å². The Labute approximate surface area is 97.3 Å². The minimum Gasteiger partial charge on any atom is -0.481 e. The fraction of sp³-hybridized carbons (Fsp3) is 0.250. The molecule has 0 aliphatic rings. The molecule has 0 amide bonds. The molecule has 5 heteroatoms. The van der Waals surface area contributed by atoms with Crippen molar-refractivity contribution < 1.29 is 9.90 Å². The van der Waals surface area contributed by atoms with E-state index in [-0.39, 0.29) is 18.5 Å². The summed E-state index contributed by atoms with van der Waals surface area (Å²) in [5.74, 6) is -0.929. The molecule has 0 bridgehead atoms. The Balaban J connectivity index is 2.53. The predicted molar refractivity (Wildman–Crippen MR) is 63.0 cm³/mol. The SMILES string of the molecule is Cc1cccc2ncn(CCC(=O)O)c(=O)c12.